The average Bonchev–Trinajstić information content (AvgIpc) is 2.58. The number of amides is 1. The van der Waals surface area contributed by atoms with Crippen molar-refractivity contribution in [3.63, 3.8) is 0 Å². The van der Waals surface area contributed by atoms with Crippen LogP contribution in [0.2, 0.25) is 0 Å². The molecule has 0 bridgehead atoms. The molecule has 0 aromatic heterocycles. The molecule has 136 valence electrons. The second kappa shape index (κ2) is 8.28. The number of carbonyl (C=O) groups excluding carboxylic acids is 2. The summed E-state index contributed by atoms with van der Waals surface area (Å²) in [6.45, 7) is -0.765. The van der Waals surface area contributed by atoms with E-state index in [2.05, 4.69) is 4.74 Å². The van der Waals surface area contributed by atoms with Gasteiger partial charge in [0.2, 0.25) is 0 Å². The SMILES string of the molecule is O=C(COC(=O)/C=C/c1cccc(F)c1)Nc1ccccc1C(F)(F)F. The number of hydrogen-bond acceptors (Lipinski definition) is 3. The zero-order chi connectivity index (χ0) is 19.2. The van der Waals surface area contributed by atoms with Crippen molar-refractivity contribution in [3.05, 3.63) is 71.6 Å². The number of carbonyl (C=O) groups is 2. The fraction of sp³-hybridized carbons (Fsp3) is 0.111. The predicted molar refractivity (Wildman–Crippen MR) is 86.5 cm³/mol. The van der Waals surface area contributed by atoms with E-state index in [-0.39, 0.29) is 0 Å². The highest BCUT2D eigenvalue weighted by Gasteiger charge is 2.33. The largest absolute Gasteiger partial charge is 0.452 e. The summed E-state index contributed by atoms with van der Waals surface area (Å²) in [4.78, 5) is 23.2. The zero-order valence-corrected chi connectivity index (χ0v) is 13.2. The molecule has 1 N–H and O–H groups in total. The molecule has 0 unspecified atom stereocenters. The highest BCUT2D eigenvalue weighted by Crippen LogP contribution is 2.34. The average molecular weight is 367 g/mol. The summed E-state index contributed by atoms with van der Waals surface area (Å²) in [7, 11) is 0. The van der Waals surface area contributed by atoms with Gasteiger partial charge in [0.25, 0.3) is 5.91 Å². The van der Waals surface area contributed by atoms with E-state index in [1.54, 1.807) is 6.07 Å². The lowest BCUT2D eigenvalue weighted by atomic mass is 10.1. The molecule has 2 aromatic rings. The number of rotatable bonds is 5. The number of hydrogen-bond donors (Lipinski definition) is 1. The van der Waals surface area contributed by atoms with Crippen LogP contribution in [0, 0.1) is 5.82 Å². The number of para-hydroxylation sites is 1. The van der Waals surface area contributed by atoms with Crippen molar-refractivity contribution in [2.75, 3.05) is 11.9 Å². The Bertz CT molecular complexity index is 831. The monoisotopic (exact) mass is 367 g/mol. The molecule has 0 heterocycles. The maximum absolute atomic E-state index is 13.0. The zero-order valence-electron chi connectivity index (χ0n) is 13.2. The van der Waals surface area contributed by atoms with Gasteiger partial charge in [-0.25, -0.2) is 9.18 Å². The molecule has 0 spiro atoms. The Labute approximate surface area is 146 Å². The Morgan fingerprint density at radius 1 is 1.08 bits per heavy atom. The van der Waals surface area contributed by atoms with E-state index in [4.69, 9.17) is 0 Å². The van der Waals surface area contributed by atoms with Crippen LogP contribution in [0.4, 0.5) is 23.2 Å². The molecule has 4 nitrogen and oxygen atoms in total. The molecule has 0 fully saturated rings. The number of ether oxygens (including phenoxy) is 1. The summed E-state index contributed by atoms with van der Waals surface area (Å²) in [5, 5.41) is 2.04. The summed E-state index contributed by atoms with van der Waals surface area (Å²) in [6, 6.07) is 9.85. The highest BCUT2D eigenvalue weighted by molar-refractivity contribution is 5.95. The minimum Gasteiger partial charge on any atom is -0.452 e. The van der Waals surface area contributed by atoms with Crippen molar-refractivity contribution in [1.82, 2.24) is 0 Å². The molecule has 0 radical (unpaired) electrons. The third-order valence-corrected chi connectivity index (χ3v) is 3.11. The quantitative estimate of drug-likeness (QED) is 0.493. The van der Waals surface area contributed by atoms with Crippen molar-refractivity contribution in [2.24, 2.45) is 0 Å². The fourth-order valence-corrected chi connectivity index (χ4v) is 1.98. The Hall–Kier alpha value is -3.16. The number of benzene rings is 2. The maximum atomic E-state index is 13.0. The Morgan fingerprint density at radius 3 is 2.50 bits per heavy atom. The van der Waals surface area contributed by atoms with Gasteiger partial charge in [0.1, 0.15) is 5.82 Å². The molecular formula is C18H13F4NO3. The third-order valence-electron chi connectivity index (χ3n) is 3.11. The molecule has 0 saturated heterocycles. The van der Waals surface area contributed by atoms with E-state index >= 15 is 0 Å². The molecule has 26 heavy (non-hydrogen) atoms. The number of nitrogens with one attached hydrogen (secondary N) is 1. The predicted octanol–water partition coefficient (Wildman–Crippen LogP) is 4.04. The van der Waals surface area contributed by atoms with Gasteiger partial charge in [-0.15, -0.1) is 0 Å². The van der Waals surface area contributed by atoms with Gasteiger partial charge in [-0.05, 0) is 35.9 Å². The lowest BCUT2D eigenvalue weighted by Crippen LogP contribution is -2.22. The van der Waals surface area contributed by atoms with E-state index in [1.165, 1.54) is 36.4 Å². The topological polar surface area (TPSA) is 55.4 Å². The standard InChI is InChI=1S/C18H13F4NO3/c19-13-5-3-4-12(10-13)8-9-17(25)26-11-16(24)23-15-7-2-1-6-14(15)18(20,21)22/h1-10H,11H2,(H,23,24)/b9-8+. The van der Waals surface area contributed by atoms with Crippen LogP contribution in [0.5, 0.6) is 0 Å². The Kier molecular flexibility index (Phi) is 6.11. The van der Waals surface area contributed by atoms with E-state index in [9.17, 15) is 27.2 Å². The second-order valence-corrected chi connectivity index (χ2v) is 5.09. The fourth-order valence-electron chi connectivity index (χ4n) is 1.98. The van der Waals surface area contributed by atoms with Crippen molar-refractivity contribution in [2.45, 2.75) is 6.18 Å². The minimum atomic E-state index is -4.63. The van der Waals surface area contributed by atoms with E-state index in [0.29, 0.717) is 5.56 Å². The molecule has 1 amide bonds. The van der Waals surface area contributed by atoms with Crippen LogP contribution in [0.15, 0.2) is 54.6 Å². The number of esters is 1. The van der Waals surface area contributed by atoms with Crippen LogP contribution in [0.1, 0.15) is 11.1 Å². The summed E-state index contributed by atoms with van der Waals surface area (Å²) in [5.74, 6) is -2.30. The van der Waals surface area contributed by atoms with Crippen LogP contribution in [0.25, 0.3) is 6.08 Å². The van der Waals surface area contributed by atoms with Gasteiger partial charge < -0.3 is 10.1 Å². The van der Waals surface area contributed by atoms with Crippen molar-refractivity contribution in [3.8, 4) is 0 Å². The third kappa shape index (κ3) is 5.73. The Balaban J connectivity index is 1.90. The molecule has 8 heteroatoms. The minimum absolute atomic E-state index is 0.408. The highest BCUT2D eigenvalue weighted by atomic mass is 19.4. The van der Waals surface area contributed by atoms with Crippen LogP contribution in [-0.2, 0) is 20.5 Å². The van der Waals surface area contributed by atoms with E-state index in [0.717, 1.165) is 18.2 Å². The molecule has 2 rings (SSSR count). The van der Waals surface area contributed by atoms with Gasteiger partial charge in [-0.2, -0.15) is 13.2 Å². The van der Waals surface area contributed by atoms with Gasteiger partial charge in [0, 0.05) is 6.08 Å². The smallest absolute Gasteiger partial charge is 0.418 e. The van der Waals surface area contributed by atoms with Crippen LogP contribution < -0.4 is 5.32 Å². The molecule has 0 atom stereocenters. The van der Waals surface area contributed by atoms with Gasteiger partial charge in [0.05, 0.1) is 11.3 Å². The van der Waals surface area contributed by atoms with E-state index in [1.807, 2.05) is 5.32 Å². The van der Waals surface area contributed by atoms with Crippen molar-refractivity contribution < 1.29 is 31.9 Å². The van der Waals surface area contributed by atoms with Crippen LogP contribution in [0.3, 0.4) is 0 Å². The summed E-state index contributed by atoms with van der Waals surface area (Å²) in [5.41, 5.74) is -1.03. The van der Waals surface area contributed by atoms with E-state index < -0.39 is 41.7 Å². The first-order chi connectivity index (χ1) is 12.3. The first kappa shape index (κ1) is 19.2. The number of halogens is 4. The normalized spacial score (nSPS) is 11.4. The van der Waals surface area contributed by atoms with Crippen molar-refractivity contribution in [1.29, 1.82) is 0 Å². The lowest BCUT2D eigenvalue weighted by molar-refractivity contribution is -0.142. The summed E-state index contributed by atoms with van der Waals surface area (Å²) in [6.07, 6.45) is -2.37. The molecule has 0 aliphatic carbocycles. The summed E-state index contributed by atoms with van der Waals surface area (Å²) < 4.78 is 56.1. The number of alkyl halides is 3. The number of anilines is 1. The lowest BCUT2D eigenvalue weighted by Gasteiger charge is -2.13. The van der Waals surface area contributed by atoms with Gasteiger partial charge in [-0.3, -0.25) is 4.79 Å². The van der Waals surface area contributed by atoms with Crippen LogP contribution >= 0.6 is 0 Å². The van der Waals surface area contributed by atoms with Gasteiger partial charge in [-0.1, -0.05) is 24.3 Å². The molecule has 2 aromatic carbocycles. The molecular weight excluding hydrogens is 354 g/mol. The first-order valence-corrected chi connectivity index (χ1v) is 7.32. The molecule has 0 aliphatic heterocycles. The molecule has 0 saturated carbocycles. The summed E-state index contributed by atoms with van der Waals surface area (Å²) >= 11 is 0. The maximum Gasteiger partial charge on any atom is 0.418 e. The first-order valence-electron chi connectivity index (χ1n) is 7.32. The van der Waals surface area contributed by atoms with Gasteiger partial charge >= 0.3 is 12.1 Å². The van der Waals surface area contributed by atoms with Crippen molar-refractivity contribution >= 4 is 23.6 Å². The Morgan fingerprint density at radius 2 is 1.81 bits per heavy atom. The molecule has 0 aliphatic rings. The van der Waals surface area contributed by atoms with Gasteiger partial charge in [0.15, 0.2) is 6.61 Å². The second-order valence-electron chi connectivity index (χ2n) is 5.09. The van der Waals surface area contributed by atoms with Crippen LogP contribution in [-0.4, -0.2) is 18.5 Å².